The Kier molecular flexibility index (Phi) is 5.88. The van der Waals surface area contributed by atoms with E-state index >= 15 is 0 Å². The lowest BCUT2D eigenvalue weighted by molar-refractivity contribution is 0.144. The topological polar surface area (TPSA) is 64.6 Å². The molecular formula is C7H9Cl3N2O3S2. The van der Waals surface area contributed by atoms with Crippen molar-refractivity contribution in [1.82, 2.24) is 9.62 Å². The summed E-state index contributed by atoms with van der Waals surface area (Å²) in [5.74, 6) is 0. The van der Waals surface area contributed by atoms with Gasteiger partial charge < -0.3 is 9.29 Å². The van der Waals surface area contributed by atoms with E-state index in [1.54, 1.807) is 11.6 Å². The van der Waals surface area contributed by atoms with Crippen molar-refractivity contribution in [2.24, 2.45) is 0 Å². The molecule has 2 unspecified atom stereocenters. The fourth-order valence-electron chi connectivity index (χ4n) is 0.916. The zero-order valence-electron chi connectivity index (χ0n) is 8.56. The van der Waals surface area contributed by atoms with Crippen LogP contribution in [0.2, 0.25) is 0 Å². The van der Waals surface area contributed by atoms with E-state index in [9.17, 15) is 9.35 Å². The lowest BCUT2D eigenvalue weighted by Gasteiger charge is -2.24. The predicted molar refractivity (Wildman–Crippen MR) is 71.2 cm³/mol. The van der Waals surface area contributed by atoms with Gasteiger partial charge in [-0.3, -0.25) is 5.32 Å². The van der Waals surface area contributed by atoms with Gasteiger partial charge in [0.15, 0.2) is 5.50 Å². The van der Waals surface area contributed by atoms with Gasteiger partial charge in [-0.2, -0.15) is 4.31 Å². The summed E-state index contributed by atoms with van der Waals surface area (Å²) in [4.78, 5) is 11.3. The van der Waals surface area contributed by atoms with Crippen molar-refractivity contribution in [3.05, 3.63) is 11.6 Å². The third-order valence-electron chi connectivity index (χ3n) is 1.55. The lowest BCUT2D eigenvalue weighted by atomic mass is 10.8. The number of alkyl halides is 3. The van der Waals surface area contributed by atoms with Crippen LogP contribution >= 0.6 is 46.6 Å². The van der Waals surface area contributed by atoms with Gasteiger partial charge in [0.05, 0.1) is 17.6 Å². The monoisotopic (exact) mass is 338 g/mol. The van der Waals surface area contributed by atoms with Crippen LogP contribution in [0.3, 0.4) is 0 Å². The predicted octanol–water partition coefficient (Wildman–Crippen LogP) is 2.18. The molecule has 1 amide bonds. The quantitative estimate of drug-likeness (QED) is 0.630. The molecule has 0 saturated carbocycles. The molecule has 1 rings (SSSR count). The van der Waals surface area contributed by atoms with Crippen molar-refractivity contribution < 1.29 is 14.1 Å². The van der Waals surface area contributed by atoms with Gasteiger partial charge in [-0.15, -0.1) is 0 Å². The Morgan fingerprint density at radius 2 is 2.35 bits per heavy atom. The number of thioether (sulfide) groups is 1. The minimum absolute atomic E-state index is 0.358. The Morgan fingerprint density at radius 3 is 2.88 bits per heavy atom. The zero-order chi connectivity index (χ0) is 13.1. The van der Waals surface area contributed by atoms with E-state index in [-0.39, 0.29) is 6.61 Å². The second-order valence-electron chi connectivity index (χ2n) is 2.89. The van der Waals surface area contributed by atoms with E-state index in [2.05, 4.69) is 10.1 Å². The highest BCUT2D eigenvalue weighted by molar-refractivity contribution is 8.03. The molecule has 0 spiro atoms. The average Bonchev–Trinajstić information content (AvgIpc) is 2.62. The first-order valence-corrected chi connectivity index (χ1v) is 7.83. The number of rotatable bonds is 3. The Morgan fingerprint density at radius 1 is 1.71 bits per heavy atom. The molecule has 0 aromatic carbocycles. The van der Waals surface area contributed by atoms with Gasteiger partial charge in [0.25, 0.3) is 0 Å². The maximum Gasteiger partial charge on any atom is 0.409 e. The highest BCUT2D eigenvalue weighted by atomic mass is 35.6. The summed E-state index contributed by atoms with van der Waals surface area (Å²) in [5, 5.41) is 4.19. The van der Waals surface area contributed by atoms with Crippen LogP contribution in [0.4, 0.5) is 4.79 Å². The third-order valence-corrected chi connectivity index (χ3v) is 3.82. The molecular weight excluding hydrogens is 331 g/mol. The number of nitrogens with zero attached hydrogens (tertiary/aromatic N) is 1. The standard InChI is InChI=1S/C7H9Cl3N2O3S2/c1-17(14)12-2-3-16-5(12)11-6(13)15-4-7(8,9)10/h2-3,5H,4H2,1H3,(H,11,13). The summed E-state index contributed by atoms with van der Waals surface area (Å²) < 4.78 is 15.8. The smallest absolute Gasteiger partial charge is 0.409 e. The molecule has 10 heteroatoms. The number of amides is 1. The van der Waals surface area contributed by atoms with Crippen LogP contribution in [0.1, 0.15) is 0 Å². The van der Waals surface area contributed by atoms with E-state index in [4.69, 9.17) is 34.8 Å². The Labute approximate surface area is 121 Å². The average molecular weight is 340 g/mol. The van der Waals surface area contributed by atoms with Crippen LogP contribution in [0.15, 0.2) is 11.6 Å². The fraction of sp³-hybridized carbons (Fsp3) is 0.571. The van der Waals surface area contributed by atoms with Crippen LogP contribution in [0, 0.1) is 0 Å². The summed E-state index contributed by atoms with van der Waals surface area (Å²) in [6.45, 7) is -0.358. The molecule has 0 bridgehead atoms. The summed E-state index contributed by atoms with van der Waals surface area (Å²) in [6, 6.07) is 0. The minimum atomic E-state index is -1.65. The summed E-state index contributed by atoms with van der Waals surface area (Å²) in [7, 11) is 0. The molecule has 1 aliphatic heterocycles. The van der Waals surface area contributed by atoms with Gasteiger partial charge >= 0.3 is 6.09 Å². The van der Waals surface area contributed by atoms with Crippen LogP contribution in [0.5, 0.6) is 0 Å². The largest absolute Gasteiger partial charge is 0.593 e. The summed E-state index contributed by atoms with van der Waals surface area (Å²) in [5.41, 5.74) is -0.483. The molecule has 0 aliphatic carbocycles. The van der Waals surface area contributed by atoms with E-state index in [0.717, 1.165) is 0 Å². The highest BCUT2D eigenvalue weighted by Gasteiger charge is 2.30. The number of carbonyl (C=O) groups is 1. The van der Waals surface area contributed by atoms with Crippen LogP contribution in [-0.4, -0.2) is 37.1 Å². The van der Waals surface area contributed by atoms with E-state index < -0.39 is 26.7 Å². The zero-order valence-corrected chi connectivity index (χ0v) is 12.5. The molecule has 1 aliphatic rings. The molecule has 1 heterocycles. The van der Waals surface area contributed by atoms with E-state index in [1.165, 1.54) is 22.3 Å². The molecule has 98 valence electrons. The summed E-state index contributed by atoms with van der Waals surface area (Å²) >= 11 is 16.3. The first kappa shape index (κ1) is 15.4. The van der Waals surface area contributed by atoms with Gasteiger partial charge in [0, 0.05) is 0 Å². The van der Waals surface area contributed by atoms with Gasteiger partial charge in [-0.1, -0.05) is 46.6 Å². The molecule has 1 N–H and O–H groups in total. The fourth-order valence-corrected chi connectivity index (χ4v) is 2.93. The normalized spacial score (nSPS) is 21.5. The van der Waals surface area contributed by atoms with E-state index in [0.29, 0.717) is 0 Å². The van der Waals surface area contributed by atoms with Crippen LogP contribution in [0.25, 0.3) is 0 Å². The first-order valence-electron chi connectivity index (χ1n) is 4.23. The first-order chi connectivity index (χ1) is 7.79. The van der Waals surface area contributed by atoms with Gasteiger partial charge in [-0.25, -0.2) is 4.79 Å². The van der Waals surface area contributed by atoms with Gasteiger partial charge in [0.2, 0.25) is 3.79 Å². The lowest BCUT2D eigenvalue weighted by Crippen LogP contribution is -2.44. The number of hydrogen-bond acceptors (Lipinski definition) is 5. The molecule has 0 saturated heterocycles. The maximum atomic E-state index is 11.3. The second kappa shape index (κ2) is 6.49. The molecule has 0 aromatic rings. The van der Waals surface area contributed by atoms with E-state index in [1.807, 2.05) is 0 Å². The van der Waals surface area contributed by atoms with Crippen LogP contribution in [-0.2, 0) is 16.1 Å². The molecule has 17 heavy (non-hydrogen) atoms. The number of hydrogen-bond donors (Lipinski definition) is 1. The number of ether oxygens (including phenoxy) is 1. The van der Waals surface area contributed by atoms with Crippen molar-refractivity contribution in [1.29, 1.82) is 0 Å². The van der Waals surface area contributed by atoms with Crippen LogP contribution < -0.4 is 5.32 Å². The Hall–Kier alpha value is 0.340. The van der Waals surface area contributed by atoms with Crippen molar-refractivity contribution in [3.8, 4) is 0 Å². The molecule has 2 atom stereocenters. The summed E-state index contributed by atoms with van der Waals surface area (Å²) in [6.07, 6.45) is 2.37. The number of alkyl carbamates (subject to hydrolysis) is 1. The van der Waals surface area contributed by atoms with Gasteiger partial charge in [-0.05, 0) is 5.41 Å². The Balaban J connectivity index is 2.37. The van der Waals surface area contributed by atoms with Crippen molar-refractivity contribution in [2.45, 2.75) is 9.29 Å². The van der Waals surface area contributed by atoms with Gasteiger partial charge in [0.1, 0.15) is 12.9 Å². The maximum absolute atomic E-state index is 11.3. The SMILES string of the molecule is C[S+]([O-])N1C=CSC1NC(=O)OCC(Cl)(Cl)Cl. The number of carbonyl (C=O) groups excluding carboxylic acids is 1. The number of nitrogens with one attached hydrogen (secondary N) is 1. The highest BCUT2D eigenvalue weighted by Crippen LogP contribution is 2.27. The number of halogens is 3. The molecule has 0 fully saturated rings. The molecule has 0 radical (unpaired) electrons. The third kappa shape index (κ3) is 5.67. The molecule has 5 nitrogen and oxygen atoms in total. The minimum Gasteiger partial charge on any atom is -0.593 e. The van der Waals surface area contributed by atoms with Crippen molar-refractivity contribution in [2.75, 3.05) is 12.9 Å². The Bertz CT molecular complexity index is 311. The molecule has 0 aromatic heterocycles. The van der Waals surface area contributed by atoms with Crippen molar-refractivity contribution in [3.63, 3.8) is 0 Å². The van der Waals surface area contributed by atoms with Crippen molar-refractivity contribution >= 4 is 64.0 Å². The second-order valence-corrected chi connectivity index (χ2v) is 7.67.